The minimum absolute atomic E-state index is 0.0167. The van der Waals surface area contributed by atoms with Gasteiger partial charge in [-0.05, 0) is 20.8 Å². The predicted octanol–water partition coefficient (Wildman–Crippen LogP) is 0.670. The number of carbonyl (C=O) groups is 1. The number of nitrogens with two attached hydrogens (primary N) is 1. The minimum Gasteiger partial charge on any atom is -0.369 e. The Labute approximate surface area is 111 Å². The third-order valence-corrected chi connectivity index (χ3v) is 3.06. The first-order valence-corrected chi connectivity index (χ1v) is 6.54. The first-order valence-electron chi connectivity index (χ1n) is 6.54. The van der Waals surface area contributed by atoms with Gasteiger partial charge in [-0.2, -0.15) is 5.10 Å². The summed E-state index contributed by atoms with van der Waals surface area (Å²) in [5.41, 5.74) is 8.50. The number of nitrogens with zero attached hydrogens (tertiary/aromatic N) is 4. The number of hydrogen-bond donors (Lipinski definition) is 2. The monoisotopic (exact) mass is 264 g/mol. The fraction of sp³-hybridized carbons (Fsp3) is 0.583. The number of nitrogen functional groups attached to an aromatic ring is 1. The summed E-state index contributed by atoms with van der Waals surface area (Å²) in [7, 11) is 0. The third kappa shape index (κ3) is 2.40. The van der Waals surface area contributed by atoms with Crippen LogP contribution in [0.4, 0.5) is 5.95 Å². The number of nitrogens with one attached hydrogen (secondary N) is 1. The molecule has 2 aromatic heterocycles. The Morgan fingerprint density at radius 1 is 1.42 bits per heavy atom. The van der Waals surface area contributed by atoms with Crippen molar-refractivity contribution in [1.82, 2.24) is 24.6 Å². The number of amides is 1. The SMILES string of the molecule is CCNC(=O)CCn1c(N)nc2c(C)nn(CC)c21. The fourth-order valence-electron chi connectivity index (χ4n) is 2.18. The average Bonchev–Trinajstić information content (AvgIpc) is 2.85. The molecule has 0 aliphatic rings. The fourth-order valence-corrected chi connectivity index (χ4v) is 2.18. The second-order valence-corrected chi connectivity index (χ2v) is 4.40. The summed E-state index contributed by atoms with van der Waals surface area (Å²) in [5, 5.41) is 7.18. The van der Waals surface area contributed by atoms with Crippen molar-refractivity contribution < 1.29 is 4.79 Å². The first-order chi connectivity index (χ1) is 9.08. The average molecular weight is 264 g/mol. The van der Waals surface area contributed by atoms with Crippen LogP contribution in [0.1, 0.15) is 26.0 Å². The van der Waals surface area contributed by atoms with E-state index in [4.69, 9.17) is 5.73 Å². The van der Waals surface area contributed by atoms with Crippen molar-refractivity contribution in [3.05, 3.63) is 5.69 Å². The van der Waals surface area contributed by atoms with Crippen molar-refractivity contribution in [3.63, 3.8) is 0 Å². The number of imidazole rings is 1. The second kappa shape index (κ2) is 5.29. The zero-order valence-corrected chi connectivity index (χ0v) is 11.6. The van der Waals surface area contributed by atoms with E-state index in [1.807, 2.05) is 30.0 Å². The lowest BCUT2D eigenvalue weighted by Gasteiger charge is -2.07. The molecule has 0 aromatic carbocycles. The maximum Gasteiger partial charge on any atom is 0.221 e. The van der Waals surface area contributed by atoms with E-state index in [-0.39, 0.29) is 5.91 Å². The normalized spacial score (nSPS) is 11.1. The zero-order valence-electron chi connectivity index (χ0n) is 11.6. The summed E-state index contributed by atoms with van der Waals surface area (Å²) in [6.07, 6.45) is 0.386. The molecule has 0 spiro atoms. The van der Waals surface area contributed by atoms with Gasteiger partial charge in [-0.15, -0.1) is 0 Å². The molecule has 104 valence electrons. The molecule has 19 heavy (non-hydrogen) atoms. The molecule has 7 heteroatoms. The number of carbonyl (C=O) groups excluding carboxylic acids is 1. The molecule has 2 aromatic rings. The smallest absolute Gasteiger partial charge is 0.221 e. The van der Waals surface area contributed by atoms with Gasteiger partial charge < -0.3 is 11.1 Å². The molecule has 0 fully saturated rings. The van der Waals surface area contributed by atoms with Crippen molar-refractivity contribution in [1.29, 1.82) is 0 Å². The molecule has 0 bridgehead atoms. The molecule has 0 aliphatic carbocycles. The van der Waals surface area contributed by atoms with Gasteiger partial charge in [-0.25, -0.2) is 9.67 Å². The van der Waals surface area contributed by atoms with Gasteiger partial charge in [0.2, 0.25) is 11.9 Å². The number of hydrogen-bond acceptors (Lipinski definition) is 4. The highest BCUT2D eigenvalue weighted by Crippen LogP contribution is 2.21. The third-order valence-electron chi connectivity index (χ3n) is 3.06. The van der Waals surface area contributed by atoms with Gasteiger partial charge in [0.25, 0.3) is 0 Å². The number of anilines is 1. The predicted molar refractivity (Wildman–Crippen MR) is 73.6 cm³/mol. The second-order valence-electron chi connectivity index (χ2n) is 4.40. The van der Waals surface area contributed by atoms with Gasteiger partial charge >= 0.3 is 0 Å². The summed E-state index contributed by atoms with van der Waals surface area (Å²) in [5.74, 6) is 0.449. The summed E-state index contributed by atoms with van der Waals surface area (Å²) < 4.78 is 3.72. The van der Waals surface area contributed by atoms with Crippen LogP contribution in [-0.4, -0.2) is 31.8 Å². The van der Waals surface area contributed by atoms with Crippen molar-refractivity contribution >= 4 is 23.0 Å². The Balaban J connectivity index is 2.31. The number of aryl methyl sites for hydroxylation is 3. The van der Waals surface area contributed by atoms with E-state index < -0.39 is 0 Å². The molecule has 0 saturated heterocycles. The van der Waals surface area contributed by atoms with Crippen LogP contribution in [-0.2, 0) is 17.9 Å². The van der Waals surface area contributed by atoms with E-state index in [1.54, 1.807) is 0 Å². The largest absolute Gasteiger partial charge is 0.369 e. The molecule has 1 amide bonds. The van der Waals surface area contributed by atoms with Gasteiger partial charge in [-0.1, -0.05) is 0 Å². The summed E-state index contributed by atoms with van der Waals surface area (Å²) in [6, 6.07) is 0. The molecular formula is C12H20N6O. The molecule has 0 atom stereocenters. The van der Waals surface area contributed by atoms with Crippen molar-refractivity contribution in [2.75, 3.05) is 12.3 Å². The van der Waals surface area contributed by atoms with Crippen LogP contribution in [0.5, 0.6) is 0 Å². The van der Waals surface area contributed by atoms with Crippen LogP contribution < -0.4 is 11.1 Å². The van der Waals surface area contributed by atoms with E-state index in [9.17, 15) is 4.79 Å². The Morgan fingerprint density at radius 2 is 2.16 bits per heavy atom. The molecule has 0 saturated carbocycles. The van der Waals surface area contributed by atoms with Crippen molar-refractivity contribution in [3.8, 4) is 0 Å². The molecule has 2 heterocycles. The van der Waals surface area contributed by atoms with E-state index in [1.165, 1.54) is 0 Å². The number of aromatic nitrogens is 4. The molecule has 7 nitrogen and oxygen atoms in total. The minimum atomic E-state index is 0.0167. The van der Waals surface area contributed by atoms with Crippen molar-refractivity contribution in [2.24, 2.45) is 0 Å². The molecule has 0 radical (unpaired) electrons. The lowest BCUT2D eigenvalue weighted by molar-refractivity contribution is -0.121. The van der Waals surface area contributed by atoms with Crippen LogP contribution in [0.25, 0.3) is 11.2 Å². The van der Waals surface area contributed by atoms with Gasteiger partial charge in [0.1, 0.15) is 5.52 Å². The lowest BCUT2D eigenvalue weighted by atomic mass is 10.4. The topological polar surface area (TPSA) is 90.8 Å². The molecule has 3 N–H and O–H groups in total. The van der Waals surface area contributed by atoms with Gasteiger partial charge in [0.15, 0.2) is 5.65 Å². The standard InChI is InChI=1S/C12H20N6O/c1-4-14-9(19)6-7-17-11-10(15-12(17)13)8(3)16-18(11)5-2/h4-7H2,1-3H3,(H2,13,15)(H,14,19). The first kappa shape index (κ1) is 13.4. The van der Waals surface area contributed by atoms with Gasteiger partial charge in [0, 0.05) is 26.1 Å². The van der Waals surface area contributed by atoms with Crippen LogP contribution >= 0.6 is 0 Å². The van der Waals surface area contributed by atoms with Crippen molar-refractivity contribution in [2.45, 2.75) is 40.3 Å². The Kier molecular flexibility index (Phi) is 3.73. The Bertz CT molecular complexity index is 597. The molecule has 0 unspecified atom stereocenters. The van der Waals surface area contributed by atoms with E-state index in [0.717, 1.165) is 23.4 Å². The van der Waals surface area contributed by atoms with E-state index in [0.29, 0.717) is 25.5 Å². The Hall–Kier alpha value is -2.05. The van der Waals surface area contributed by atoms with E-state index >= 15 is 0 Å². The Morgan fingerprint density at radius 3 is 2.79 bits per heavy atom. The van der Waals surface area contributed by atoms with Crippen LogP contribution in [0.2, 0.25) is 0 Å². The van der Waals surface area contributed by atoms with Gasteiger partial charge in [-0.3, -0.25) is 9.36 Å². The summed E-state index contributed by atoms with van der Waals surface area (Å²) in [6.45, 7) is 7.73. The highest BCUT2D eigenvalue weighted by atomic mass is 16.1. The highest BCUT2D eigenvalue weighted by molar-refractivity contribution is 5.79. The summed E-state index contributed by atoms with van der Waals surface area (Å²) in [4.78, 5) is 15.9. The maximum atomic E-state index is 11.5. The lowest BCUT2D eigenvalue weighted by Crippen LogP contribution is -2.24. The zero-order chi connectivity index (χ0) is 14.0. The van der Waals surface area contributed by atoms with Gasteiger partial charge in [0.05, 0.1) is 5.69 Å². The highest BCUT2D eigenvalue weighted by Gasteiger charge is 2.16. The maximum absolute atomic E-state index is 11.5. The number of fused-ring (bicyclic) bond motifs is 1. The quantitative estimate of drug-likeness (QED) is 0.830. The van der Waals surface area contributed by atoms with Crippen LogP contribution in [0.15, 0.2) is 0 Å². The molecule has 0 aliphatic heterocycles. The van der Waals surface area contributed by atoms with Crippen LogP contribution in [0, 0.1) is 6.92 Å². The van der Waals surface area contributed by atoms with E-state index in [2.05, 4.69) is 15.4 Å². The summed E-state index contributed by atoms with van der Waals surface area (Å²) >= 11 is 0. The van der Waals surface area contributed by atoms with Crippen LogP contribution in [0.3, 0.4) is 0 Å². The molecule has 2 rings (SSSR count). The number of rotatable bonds is 5. The molecular weight excluding hydrogens is 244 g/mol.